The second-order valence-corrected chi connectivity index (χ2v) is 9.50. The third-order valence-electron chi connectivity index (χ3n) is 5.55. The van der Waals surface area contributed by atoms with Gasteiger partial charge in [0.25, 0.3) is 6.01 Å². The Morgan fingerprint density at radius 2 is 1.88 bits per heavy atom. The predicted molar refractivity (Wildman–Crippen MR) is 129 cm³/mol. The summed E-state index contributed by atoms with van der Waals surface area (Å²) in [5.41, 5.74) is 2.64. The molecule has 0 bridgehead atoms. The molecular formula is C23H20F2IN5O2. The van der Waals surface area contributed by atoms with Gasteiger partial charge in [-0.25, -0.2) is 18.7 Å². The number of aromatic nitrogens is 4. The molecule has 0 spiro atoms. The Kier molecular flexibility index (Phi) is 5.34. The van der Waals surface area contributed by atoms with Gasteiger partial charge < -0.3 is 15.2 Å². The smallest absolute Gasteiger partial charge is 0.299 e. The molecule has 0 aliphatic carbocycles. The first-order valence-electron chi connectivity index (χ1n) is 10.3. The predicted octanol–water partition coefficient (Wildman–Crippen LogP) is 4.86. The maximum atomic E-state index is 13.6. The summed E-state index contributed by atoms with van der Waals surface area (Å²) < 4.78 is 35.6. The lowest BCUT2D eigenvalue weighted by Gasteiger charge is -2.18. The monoisotopic (exact) mass is 563 g/mol. The normalized spacial score (nSPS) is 14.3. The second kappa shape index (κ2) is 8.08. The quantitative estimate of drug-likeness (QED) is 0.267. The van der Waals surface area contributed by atoms with Crippen LogP contribution in [0.5, 0.6) is 11.8 Å². The molecule has 2 aromatic carbocycles. The van der Waals surface area contributed by atoms with E-state index >= 15 is 0 Å². The Balaban J connectivity index is 1.39. The van der Waals surface area contributed by atoms with Crippen LogP contribution in [-0.2, 0) is 12.0 Å². The molecule has 5 rings (SSSR count). The van der Waals surface area contributed by atoms with Crippen LogP contribution in [0.15, 0.2) is 36.4 Å². The standard InChI is InChI=1S/C23H20F2IN5O2/c1-23(2)11-33-22-28-18-19(29-21(26)30-20(18)31(22)23)27-6-5-12-3-4-17(32)16(7-12)13-8-14(24)10-15(25)9-13/h3-4,7-10,32H,5-6,11H2,1-2H3,(H,27,29,30). The Hall–Kier alpha value is -3.02. The van der Waals surface area contributed by atoms with Crippen molar-refractivity contribution in [3.8, 4) is 22.9 Å². The van der Waals surface area contributed by atoms with Crippen LogP contribution in [0, 0.1) is 15.5 Å². The van der Waals surface area contributed by atoms with Crippen LogP contribution in [-0.4, -0.2) is 37.8 Å². The molecule has 0 fully saturated rings. The Bertz CT molecular complexity index is 1370. The zero-order valence-corrected chi connectivity index (χ0v) is 20.0. The van der Waals surface area contributed by atoms with Gasteiger partial charge in [0, 0.05) is 40.8 Å². The molecule has 33 heavy (non-hydrogen) atoms. The minimum atomic E-state index is -0.696. The summed E-state index contributed by atoms with van der Waals surface area (Å²) >= 11 is 2.08. The Morgan fingerprint density at radius 1 is 1.12 bits per heavy atom. The number of ether oxygens (including phenoxy) is 1. The van der Waals surface area contributed by atoms with Crippen molar-refractivity contribution < 1.29 is 18.6 Å². The summed E-state index contributed by atoms with van der Waals surface area (Å²) in [5, 5.41) is 13.5. The maximum absolute atomic E-state index is 13.6. The van der Waals surface area contributed by atoms with Gasteiger partial charge in [-0.2, -0.15) is 4.98 Å². The van der Waals surface area contributed by atoms with E-state index in [9.17, 15) is 13.9 Å². The molecule has 0 amide bonds. The number of benzene rings is 2. The highest BCUT2D eigenvalue weighted by atomic mass is 127. The molecular weight excluding hydrogens is 543 g/mol. The van der Waals surface area contributed by atoms with E-state index in [2.05, 4.69) is 56.7 Å². The van der Waals surface area contributed by atoms with Crippen molar-refractivity contribution in [2.75, 3.05) is 18.5 Å². The van der Waals surface area contributed by atoms with Crippen molar-refractivity contribution in [3.63, 3.8) is 0 Å². The average Bonchev–Trinajstić information content (AvgIpc) is 3.26. The molecule has 2 N–H and O–H groups in total. The van der Waals surface area contributed by atoms with Crippen LogP contribution in [0.4, 0.5) is 14.6 Å². The summed E-state index contributed by atoms with van der Waals surface area (Å²) in [6.07, 6.45) is 0.586. The fraction of sp³-hybridized carbons (Fsp3) is 0.261. The molecule has 0 unspecified atom stereocenters. The molecule has 1 aliphatic rings. The van der Waals surface area contributed by atoms with Gasteiger partial charge in [0.05, 0.1) is 5.54 Å². The van der Waals surface area contributed by atoms with E-state index in [0.29, 0.717) is 46.3 Å². The first-order chi connectivity index (χ1) is 15.7. The largest absolute Gasteiger partial charge is 0.507 e. The number of anilines is 1. The number of hydrogen-bond acceptors (Lipinski definition) is 6. The zero-order chi connectivity index (χ0) is 23.3. The van der Waals surface area contributed by atoms with E-state index in [0.717, 1.165) is 17.3 Å². The summed E-state index contributed by atoms with van der Waals surface area (Å²) in [7, 11) is 0. The van der Waals surface area contributed by atoms with Gasteiger partial charge in [-0.15, -0.1) is 0 Å². The highest BCUT2D eigenvalue weighted by Gasteiger charge is 2.36. The maximum Gasteiger partial charge on any atom is 0.299 e. The number of hydrogen-bond donors (Lipinski definition) is 2. The molecule has 3 heterocycles. The van der Waals surface area contributed by atoms with Crippen LogP contribution in [0.2, 0.25) is 0 Å². The Morgan fingerprint density at radius 3 is 2.64 bits per heavy atom. The van der Waals surface area contributed by atoms with Gasteiger partial charge >= 0.3 is 0 Å². The fourth-order valence-corrected chi connectivity index (χ4v) is 4.46. The number of rotatable bonds is 5. The molecule has 2 aromatic heterocycles. The van der Waals surface area contributed by atoms with Crippen LogP contribution in [0.25, 0.3) is 22.3 Å². The Labute approximate surface area is 202 Å². The number of nitrogens with one attached hydrogen (secondary N) is 1. The van der Waals surface area contributed by atoms with Crippen LogP contribution >= 0.6 is 22.6 Å². The molecule has 170 valence electrons. The molecule has 10 heteroatoms. The lowest BCUT2D eigenvalue weighted by Crippen LogP contribution is -2.26. The van der Waals surface area contributed by atoms with Gasteiger partial charge in [-0.3, -0.25) is 4.57 Å². The molecule has 0 saturated heterocycles. The van der Waals surface area contributed by atoms with Gasteiger partial charge in [0.15, 0.2) is 20.8 Å². The third-order valence-corrected chi connectivity index (χ3v) is 6.03. The van der Waals surface area contributed by atoms with Crippen LogP contribution < -0.4 is 10.1 Å². The van der Waals surface area contributed by atoms with Gasteiger partial charge in [-0.05, 0) is 55.7 Å². The third kappa shape index (κ3) is 4.07. The lowest BCUT2D eigenvalue weighted by atomic mass is 10.0. The zero-order valence-electron chi connectivity index (χ0n) is 17.9. The van der Waals surface area contributed by atoms with Gasteiger partial charge in [0.1, 0.15) is 24.0 Å². The molecule has 0 saturated carbocycles. The van der Waals surface area contributed by atoms with E-state index in [1.807, 2.05) is 4.57 Å². The fourth-order valence-electron chi connectivity index (χ4n) is 3.99. The van der Waals surface area contributed by atoms with Gasteiger partial charge in [0.2, 0.25) is 0 Å². The van der Waals surface area contributed by atoms with Crippen molar-refractivity contribution in [2.45, 2.75) is 25.8 Å². The highest BCUT2D eigenvalue weighted by Crippen LogP contribution is 2.36. The number of phenolic OH excluding ortho intramolecular Hbond substituents is 1. The SMILES string of the molecule is CC1(C)COc2nc3c(NCCc4ccc(O)c(-c5cc(F)cc(F)c5)c4)nc(I)nc3n21. The van der Waals surface area contributed by atoms with Crippen LogP contribution in [0.1, 0.15) is 19.4 Å². The minimum Gasteiger partial charge on any atom is -0.507 e. The molecule has 4 aromatic rings. The first kappa shape index (κ1) is 21.8. The summed E-state index contributed by atoms with van der Waals surface area (Å²) in [4.78, 5) is 13.7. The van der Waals surface area contributed by atoms with E-state index in [1.165, 1.54) is 18.2 Å². The summed E-state index contributed by atoms with van der Waals surface area (Å²) in [6, 6.07) is 8.75. The molecule has 7 nitrogen and oxygen atoms in total. The number of aromatic hydroxyl groups is 1. The van der Waals surface area contributed by atoms with E-state index in [4.69, 9.17) is 4.74 Å². The highest BCUT2D eigenvalue weighted by molar-refractivity contribution is 14.1. The first-order valence-corrected chi connectivity index (χ1v) is 11.4. The van der Waals surface area contributed by atoms with Crippen molar-refractivity contribution >= 4 is 39.6 Å². The molecule has 1 aliphatic heterocycles. The molecule has 0 radical (unpaired) electrons. The number of fused-ring (bicyclic) bond motifs is 3. The van der Waals surface area contributed by atoms with E-state index in [-0.39, 0.29) is 16.9 Å². The average molecular weight is 563 g/mol. The van der Waals surface area contributed by atoms with Crippen LogP contribution in [0.3, 0.4) is 0 Å². The number of phenols is 1. The number of halogens is 3. The van der Waals surface area contributed by atoms with Crippen molar-refractivity contribution in [1.82, 2.24) is 19.5 Å². The number of imidazole rings is 1. The summed E-state index contributed by atoms with van der Waals surface area (Å²) in [5.74, 6) is -0.827. The van der Waals surface area contributed by atoms with Crippen molar-refractivity contribution in [1.29, 1.82) is 0 Å². The second-order valence-electron chi connectivity index (χ2n) is 8.53. The van der Waals surface area contributed by atoms with E-state index in [1.54, 1.807) is 12.1 Å². The molecule has 0 atom stereocenters. The summed E-state index contributed by atoms with van der Waals surface area (Å²) in [6.45, 7) is 5.20. The minimum absolute atomic E-state index is 0.0427. The van der Waals surface area contributed by atoms with Crippen molar-refractivity contribution in [3.05, 3.63) is 57.4 Å². The van der Waals surface area contributed by atoms with E-state index < -0.39 is 11.6 Å². The van der Waals surface area contributed by atoms with Crippen molar-refractivity contribution in [2.24, 2.45) is 0 Å². The van der Waals surface area contributed by atoms with Gasteiger partial charge in [-0.1, -0.05) is 6.07 Å². The topological polar surface area (TPSA) is 85.1 Å². The number of nitrogens with zero attached hydrogens (tertiary/aromatic N) is 4. The lowest BCUT2D eigenvalue weighted by molar-refractivity contribution is 0.268.